The number of anilines is 1. The van der Waals surface area contributed by atoms with Crippen LogP contribution >= 0.6 is 11.3 Å². The van der Waals surface area contributed by atoms with Gasteiger partial charge in [0.15, 0.2) is 16.5 Å². The maximum Gasteiger partial charge on any atom is 0.261 e. The molecule has 2 heterocycles. The molecule has 0 fully saturated rings. The second-order valence-electron chi connectivity index (χ2n) is 5.88. The Morgan fingerprint density at radius 3 is 2.85 bits per heavy atom. The number of ether oxygens (including phenoxy) is 1. The van der Waals surface area contributed by atoms with Crippen LogP contribution in [0.2, 0.25) is 0 Å². The molecule has 0 aliphatic heterocycles. The van der Waals surface area contributed by atoms with E-state index < -0.39 is 0 Å². The lowest BCUT2D eigenvalue weighted by atomic mass is 10.1. The van der Waals surface area contributed by atoms with Crippen LogP contribution in [-0.4, -0.2) is 18.0 Å². The summed E-state index contributed by atoms with van der Waals surface area (Å²) in [5, 5.41) is 3.97. The minimum Gasteiger partial charge on any atom is -0.493 e. The predicted molar refractivity (Wildman–Crippen MR) is 102 cm³/mol. The van der Waals surface area contributed by atoms with Crippen LogP contribution in [0, 0.1) is 5.82 Å². The molecule has 0 saturated heterocycles. The Balaban J connectivity index is 1.50. The number of nitrogens with zero attached hydrogens (tertiary/aromatic N) is 1. The normalized spacial score (nSPS) is 10.9. The highest BCUT2D eigenvalue weighted by Crippen LogP contribution is 2.30. The number of fused-ring (bicyclic) bond motifs is 1. The number of thiazole rings is 1. The molecule has 1 amide bonds. The predicted octanol–water partition coefficient (Wildman–Crippen LogP) is 4.88. The van der Waals surface area contributed by atoms with Crippen LogP contribution in [0.1, 0.15) is 20.8 Å². The number of aromatic nitrogens is 1. The number of hydrogen-bond acceptors (Lipinski definition) is 5. The maximum atomic E-state index is 13.0. The first-order chi connectivity index (χ1) is 13.1. The number of halogens is 1. The lowest BCUT2D eigenvalue weighted by Crippen LogP contribution is -2.10. The Hall–Kier alpha value is -3.19. The van der Waals surface area contributed by atoms with Crippen LogP contribution in [0.15, 0.2) is 59.3 Å². The van der Waals surface area contributed by atoms with Gasteiger partial charge in [0.05, 0.1) is 12.7 Å². The third-order valence-corrected chi connectivity index (χ3v) is 5.01. The van der Waals surface area contributed by atoms with E-state index in [9.17, 15) is 9.18 Å². The minimum absolute atomic E-state index is 0.264. The van der Waals surface area contributed by atoms with Gasteiger partial charge in [0.1, 0.15) is 12.1 Å². The minimum atomic E-state index is -0.301. The van der Waals surface area contributed by atoms with E-state index in [1.165, 1.54) is 29.7 Å². The van der Waals surface area contributed by atoms with E-state index in [0.29, 0.717) is 33.8 Å². The number of para-hydroxylation sites is 1. The van der Waals surface area contributed by atoms with Gasteiger partial charge in [-0.25, -0.2) is 9.37 Å². The number of nitrogens with one attached hydrogen (secondary N) is 1. The number of hydrogen-bond donors (Lipinski definition) is 1. The molecule has 0 unspecified atom stereocenters. The zero-order chi connectivity index (χ0) is 18.8. The zero-order valence-electron chi connectivity index (χ0n) is 14.4. The van der Waals surface area contributed by atoms with Crippen LogP contribution in [0.5, 0.6) is 5.75 Å². The standard InChI is InChI=1S/C20H15FN2O3S/c1-25-17-4-2-3-15-16(11-26-18(15)17)19(24)23-20-22-10-14(27-20)9-12-5-7-13(21)8-6-12/h2-8,10-11H,9H2,1H3,(H,22,23,24). The van der Waals surface area contributed by atoms with Gasteiger partial charge in [0, 0.05) is 22.9 Å². The lowest BCUT2D eigenvalue weighted by Gasteiger charge is -2.01. The molecule has 2 aromatic carbocycles. The third kappa shape index (κ3) is 3.54. The molecule has 1 N–H and O–H groups in total. The SMILES string of the molecule is COc1cccc2c(C(=O)Nc3ncc(Cc4ccc(F)cc4)s3)coc12. The summed E-state index contributed by atoms with van der Waals surface area (Å²) in [7, 11) is 1.55. The van der Waals surface area contributed by atoms with Crippen molar-refractivity contribution >= 4 is 33.3 Å². The van der Waals surface area contributed by atoms with Crippen molar-refractivity contribution in [1.82, 2.24) is 4.98 Å². The molecule has 2 aromatic heterocycles. The Labute approximate surface area is 158 Å². The Bertz CT molecular complexity index is 1100. The summed E-state index contributed by atoms with van der Waals surface area (Å²) < 4.78 is 23.7. The topological polar surface area (TPSA) is 64.4 Å². The van der Waals surface area contributed by atoms with Gasteiger partial charge < -0.3 is 9.15 Å². The van der Waals surface area contributed by atoms with Gasteiger partial charge in [-0.15, -0.1) is 11.3 Å². The van der Waals surface area contributed by atoms with Crippen LogP contribution in [0.4, 0.5) is 9.52 Å². The van der Waals surface area contributed by atoms with E-state index >= 15 is 0 Å². The number of rotatable bonds is 5. The first-order valence-corrected chi connectivity index (χ1v) is 9.00. The third-order valence-electron chi connectivity index (χ3n) is 4.09. The van der Waals surface area contributed by atoms with Crippen LogP contribution < -0.4 is 10.1 Å². The highest BCUT2D eigenvalue weighted by atomic mass is 32.1. The van der Waals surface area contributed by atoms with Gasteiger partial charge in [0.25, 0.3) is 5.91 Å². The van der Waals surface area contributed by atoms with Crippen molar-refractivity contribution in [3.05, 3.63) is 76.7 Å². The lowest BCUT2D eigenvalue weighted by molar-refractivity contribution is 0.102. The van der Waals surface area contributed by atoms with Crippen LogP contribution in [0.3, 0.4) is 0 Å². The fourth-order valence-electron chi connectivity index (χ4n) is 2.78. The van der Waals surface area contributed by atoms with Crippen molar-refractivity contribution in [2.45, 2.75) is 6.42 Å². The molecule has 0 spiro atoms. The highest BCUT2D eigenvalue weighted by molar-refractivity contribution is 7.15. The Kier molecular flexibility index (Phi) is 4.60. The molecule has 0 aliphatic carbocycles. The molecule has 136 valence electrons. The maximum absolute atomic E-state index is 13.0. The summed E-state index contributed by atoms with van der Waals surface area (Å²) in [4.78, 5) is 17.8. The largest absolute Gasteiger partial charge is 0.493 e. The number of amides is 1. The summed E-state index contributed by atoms with van der Waals surface area (Å²) in [6.07, 6.45) is 3.75. The number of methoxy groups -OCH3 is 1. The van der Waals surface area contributed by atoms with Crippen LogP contribution in [-0.2, 0) is 6.42 Å². The molecular formula is C20H15FN2O3S. The quantitative estimate of drug-likeness (QED) is 0.534. The second kappa shape index (κ2) is 7.20. The molecule has 5 nitrogen and oxygen atoms in total. The van der Waals surface area contributed by atoms with Crippen molar-refractivity contribution in [1.29, 1.82) is 0 Å². The van der Waals surface area contributed by atoms with Crippen LogP contribution in [0.25, 0.3) is 11.0 Å². The average Bonchev–Trinajstić information content (AvgIpc) is 3.30. The summed E-state index contributed by atoms with van der Waals surface area (Å²) in [5.74, 6) is 0.00652. The summed E-state index contributed by atoms with van der Waals surface area (Å²) in [6.45, 7) is 0. The molecule has 0 atom stereocenters. The molecule has 0 bridgehead atoms. The molecule has 4 rings (SSSR count). The van der Waals surface area contributed by atoms with E-state index in [2.05, 4.69) is 10.3 Å². The van der Waals surface area contributed by atoms with E-state index in [1.54, 1.807) is 43.6 Å². The summed E-state index contributed by atoms with van der Waals surface area (Å²) in [6, 6.07) is 11.7. The molecule has 4 aromatic rings. The van der Waals surface area contributed by atoms with Crippen molar-refractivity contribution in [2.75, 3.05) is 12.4 Å². The van der Waals surface area contributed by atoms with Crippen molar-refractivity contribution in [3.63, 3.8) is 0 Å². The van der Waals surface area contributed by atoms with E-state index in [1.807, 2.05) is 0 Å². The van der Waals surface area contributed by atoms with E-state index in [4.69, 9.17) is 9.15 Å². The second-order valence-corrected chi connectivity index (χ2v) is 6.99. The van der Waals surface area contributed by atoms with Crippen molar-refractivity contribution < 1.29 is 18.3 Å². The van der Waals surface area contributed by atoms with Crippen molar-refractivity contribution in [2.24, 2.45) is 0 Å². The summed E-state index contributed by atoms with van der Waals surface area (Å²) >= 11 is 1.38. The first kappa shape index (κ1) is 17.2. The summed E-state index contributed by atoms with van der Waals surface area (Å²) in [5.41, 5.74) is 1.92. The van der Waals surface area contributed by atoms with Crippen molar-refractivity contribution in [3.8, 4) is 5.75 Å². The van der Waals surface area contributed by atoms with Gasteiger partial charge in [-0.2, -0.15) is 0 Å². The number of carbonyl (C=O) groups excluding carboxylic acids is 1. The molecule has 27 heavy (non-hydrogen) atoms. The van der Waals surface area contributed by atoms with E-state index in [0.717, 1.165) is 10.4 Å². The fraction of sp³-hybridized carbons (Fsp3) is 0.100. The zero-order valence-corrected chi connectivity index (χ0v) is 15.2. The molecule has 0 aliphatic rings. The number of benzene rings is 2. The molecule has 7 heteroatoms. The average molecular weight is 382 g/mol. The van der Waals surface area contributed by atoms with Gasteiger partial charge in [-0.3, -0.25) is 10.1 Å². The molecule has 0 saturated carbocycles. The van der Waals surface area contributed by atoms with E-state index in [-0.39, 0.29) is 11.7 Å². The Morgan fingerprint density at radius 2 is 2.07 bits per heavy atom. The fourth-order valence-corrected chi connectivity index (χ4v) is 3.62. The highest BCUT2D eigenvalue weighted by Gasteiger charge is 2.17. The van der Waals surface area contributed by atoms with Gasteiger partial charge in [0.2, 0.25) is 0 Å². The van der Waals surface area contributed by atoms with Gasteiger partial charge in [-0.1, -0.05) is 24.3 Å². The number of carbonyl (C=O) groups is 1. The molecular weight excluding hydrogens is 367 g/mol. The Morgan fingerprint density at radius 1 is 1.26 bits per heavy atom. The van der Waals surface area contributed by atoms with Gasteiger partial charge >= 0.3 is 0 Å². The smallest absolute Gasteiger partial charge is 0.261 e. The first-order valence-electron chi connectivity index (χ1n) is 8.19. The van der Waals surface area contributed by atoms with Gasteiger partial charge in [-0.05, 0) is 23.8 Å². The molecule has 0 radical (unpaired) electrons. The number of furan rings is 1. The monoisotopic (exact) mass is 382 g/mol.